The minimum atomic E-state index is -1.92. The Morgan fingerprint density at radius 3 is 1.50 bits per heavy atom. The molecule has 1 aliphatic rings. The number of aliphatic carboxylic acids is 2. The van der Waals surface area contributed by atoms with E-state index in [2.05, 4.69) is 84.1 Å². The fourth-order valence-electron chi connectivity index (χ4n) is 11.5. The number of aliphatic imine (C=N–C) groups is 1. The summed E-state index contributed by atoms with van der Waals surface area (Å²) in [5.74, 6) is -20.3. The van der Waals surface area contributed by atoms with Crippen LogP contribution in [0.5, 0.6) is 0 Å². The first-order chi connectivity index (χ1) is 54.5. The Bertz CT molecular complexity index is 3660. The first kappa shape index (κ1) is 97.2. The molecular formula is C69H110N24O22. The standard InChI is InChI=1S/C69H110N24O22/c1-36(2)24-44(58(104)80-31-53(98)83-40(16-10-22-78-69(75)76)60(106)89-45(25-37-12-4-3-5-13-37)63(109)87-43(68(114)115)15-7-9-21-71)88-62(108)42(18-19-56(101)102)86-65(111)47(28-52(74)97)90-67(113)50-17-11-23-93(50)55(100)32-81-59(105)48(33-94)91-66(112)49(34-95)92-61(107)41(14-6-8-20-70)85-64(110)46(27-51(73)96)84-54(99)30-79-57(103)39(72)26-38-29-77-35-82-38/h3-5,12-13,29,35-36,39-50,94-95H,6-11,14-28,30-34,70-72H2,1-2H3,(H2,73,96)(H2,74,97)(H,77,82)(H,79,103)(H,80,104)(H,81,105)(H,83,98)(H,84,99)(H,85,110)(H,86,111)(H,87,109)(H,88,108)(H,89,106)(H,90,113)(H,91,112)(H,92,107)(H,101,102)(H,114,115)(H4,75,76,78)/t39-,40-,41-,42-,43-,44-,45-,46-,47-,48-,49-,50-/m0/s1. The van der Waals surface area contributed by atoms with Crippen LogP contribution < -0.4 is 109 Å². The highest BCUT2D eigenvalue weighted by Gasteiger charge is 2.40. The third-order valence-corrected chi connectivity index (χ3v) is 17.5. The highest BCUT2D eigenvalue weighted by Crippen LogP contribution is 2.19. The zero-order valence-corrected chi connectivity index (χ0v) is 64.0. The van der Waals surface area contributed by atoms with Gasteiger partial charge in [-0.2, -0.15) is 0 Å². The molecule has 1 aromatic carbocycles. The number of amides is 16. The van der Waals surface area contributed by atoms with E-state index < -0.39 is 237 Å². The van der Waals surface area contributed by atoms with E-state index in [1.165, 1.54) is 12.5 Å². The molecular weight excluding hydrogens is 1520 g/mol. The number of aliphatic hydroxyl groups is 2. The topological polar surface area (TPSA) is 771 Å². The van der Waals surface area contributed by atoms with Crippen molar-refractivity contribution in [3.05, 3.63) is 54.1 Å². The number of carboxylic acids is 2. The molecule has 2 heterocycles. The van der Waals surface area contributed by atoms with Crippen LogP contribution in [0, 0.1) is 5.92 Å². The van der Waals surface area contributed by atoms with Crippen molar-refractivity contribution in [3.8, 4) is 0 Å². The second-order valence-corrected chi connectivity index (χ2v) is 27.3. The van der Waals surface area contributed by atoms with Gasteiger partial charge < -0.3 is 140 Å². The van der Waals surface area contributed by atoms with Gasteiger partial charge in [-0.3, -0.25) is 86.5 Å². The van der Waals surface area contributed by atoms with Gasteiger partial charge in [0, 0.05) is 44.2 Å². The van der Waals surface area contributed by atoms with Crippen LogP contribution in [0.4, 0.5) is 0 Å². The van der Waals surface area contributed by atoms with Crippen LogP contribution in [-0.2, 0) is 99.1 Å². The summed E-state index contributed by atoms with van der Waals surface area (Å²) in [6.07, 6.45) is 0.608. The fraction of sp³-hybridized carbons (Fsp3) is 0.594. The molecule has 46 heteroatoms. The number of aromatic nitrogens is 2. The number of hydrogen-bond donors (Lipinski definition) is 25. The number of hydrogen-bond acceptors (Lipinski definition) is 25. The van der Waals surface area contributed by atoms with Crippen LogP contribution in [0.1, 0.15) is 121 Å². The summed E-state index contributed by atoms with van der Waals surface area (Å²) in [7, 11) is 0. The zero-order valence-electron chi connectivity index (χ0n) is 64.0. The summed E-state index contributed by atoms with van der Waals surface area (Å²) in [6, 6.07) is -10.6. The third kappa shape index (κ3) is 37.0. The number of carboxylic acid groups (broad SMARTS) is 2. The van der Waals surface area contributed by atoms with Crippen molar-refractivity contribution in [1.29, 1.82) is 0 Å². The van der Waals surface area contributed by atoms with Gasteiger partial charge in [-0.05, 0) is 102 Å². The van der Waals surface area contributed by atoms with E-state index in [-0.39, 0.29) is 102 Å². The number of carbonyl (C=O) groups is 18. The molecule has 46 nitrogen and oxygen atoms in total. The molecule has 638 valence electrons. The number of nitrogens with zero attached hydrogens (tertiary/aromatic N) is 3. The number of unbranched alkanes of at least 4 members (excludes halogenated alkanes) is 2. The molecule has 2 aromatic rings. The molecule has 1 aromatic heterocycles. The van der Waals surface area contributed by atoms with Gasteiger partial charge in [0.2, 0.25) is 94.5 Å². The second kappa shape index (κ2) is 51.6. The number of nitrogens with two attached hydrogens (primary N) is 7. The van der Waals surface area contributed by atoms with E-state index >= 15 is 0 Å². The van der Waals surface area contributed by atoms with Crippen molar-refractivity contribution in [2.45, 2.75) is 196 Å². The third-order valence-electron chi connectivity index (χ3n) is 17.5. The van der Waals surface area contributed by atoms with Crippen LogP contribution in [0.2, 0.25) is 0 Å². The van der Waals surface area contributed by atoms with Gasteiger partial charge in [0.1, 0.15) is 66.5 Å². The van der Waals surface area contributed by atoms with Crippen LogP contribution in [0.3, 0.4) is 0 Å². The van der Waals surface area contributed by atoms with Gasteiger partial charge in [0.05, 0.1) is 58.1 Å². The summed E-state index contributed by atoms with van der Waals surface area (Å²) < 4.78 is 0. The van der Waals surface area contributed by atoms with E-state index in [9.17, 15) is 107 Å². The first-order valence-corrected chi connectivity index (χ1v) is 37.1. The number of benzene rings is 1. The summed E-state index contributed by atoms with van der Waals surface area (Å²) in [5.41, 5.74) is 40.0. The van der Waals surface area contributed by atoms with Gasteiger partial charge in [-0.15, -0.1) is 0 Å². The number of guanidine groups is 1. The number of imidazole rings is 1. The molecule has 1 saturated heterocycles. The Morgan fingerprint density at radius 1 is 0.522 bits per heavy atom. The summed E-state index contributed by atoms with van der Waals surface area (Å²) in [5, 5.41) is 70.4. The molecule has 16 amide bonds. The molecule has 0 radical (unpaired) electrons. The number of nitrogens with one attached hydrogen (secondary N) is 14. The molecule has 32 N–H and O–H groups in total. The zero-order chi connectivity index (χ0) is 85.9. The fourth-order valence-corrected chi connectivity index (χ4v) is 11.5. The lowest BCUT2D eigenvalue weighted by molar-refractivity contribution is -0.142. The highest BCUT2D eigenvalue weighted by molar-refractivity contribution is 6.01. The van der Waals surface area contributed by atoms with E-state index in [1.807, 2.05) is 0 Å². The number of rotatable bonds is 55. The predicted molar refractivity (Wildman–Crippen MR) is 405 cm³/mol. The molecule has 1 fully saturated rings. The summed E-state index contributed by atoms with van der Waals surface area (Å²) in [4.78, 5) is 251. The number of primary amides is 2. The van der Waals surface area contributed by atoms with Gasteiger partial charge >= 0.3 is 11.9 Å². The van der Waals surface area contributed by atoms with Crippen molar-refractivity contribution < 1.29 is 107 Å². The molecule has 0 bridgehead atoms. The van der Waals surface area contributed by atoms with E-state index in [4.69, 9.17) is 40.1 Å². The van der Waals surface area contributed by atoms with E-state index in [0.717, 1.165) is 4.90 Å². The molecule has 12 atom stereocenters. The summed E-state index contributed by atoms with van der Waals surface area (Å²) >= 11 is 0. The Labute approximate surface area is 660 Å². The van der Waals surface area contributed by atoms with Crippen molar-refractivity contribution in [3.63, 3.8) is 0 Å². The van der Waals surface area contributed by atoms with Crippen LogP contribution in [0.15, 0.2) is 47.8 Å². The molecule has 0 unspecified atom stereocenters. The lowest BCUT2D eigenvalue weighted by Gasteiger charge is -2.28. The van der Waals surface area contributed by atoms with Gasteiger partial charge in [-0.1, -0.05) is 44.2 Å². The molecule has 3 rings (SSSR count). The minimum Gasteiger partial charge on any atom is -0.481 e. The maximum absolute atomic E-state index is 14.2. The monoisotopic (exact) mass is 1630 g/mol. The van der Waals surface area contributed by atoms with Gasteiger partial charge in [0.25, 0.3) is 0 Å². The molecule has 0 spiro atoms. The largest absolute Gasteiger partial charge is 0.481 e. The van der Waals surface area contributed by atoms with Crippen molar-refractivity contribution in [2.24, 2.45) is 51.0 Å². The lowest BCUT2D eigenvalue weighted by atomic mass is 10.0. The Morgan fingerprint density at radius 2 is 0.974 bits per heavy atom. The van der Waals surface area contributed by atoms with E-state index in [0.29, 0.717) is 30.5 Å². The number of aromatic amines is 1. The molecule has 1 aliphatic heterocycles. The maximum atomic E-state index is 14.2. The number of aliphatic hydroxyl groups excluding tert-OH is 2. The lowest BCUT2D eigenvalue weighted by Crippen LogP contribution is -2.60. The van der Waals surface area contributed by atoms with Crippen LogP contribution in [-0.4, -0.2) is 279 Å². The maximum Gasteiger partial charge on any atom is 0.326 e. The van der Waals surface area contributed by atoms with Crippen LogP contribution >= 0.6 is 0 Å². The van der Waals surface area contributed by atoms with E-state index in [1.54, 1.807) is 44.2 Å². The summed E-state index contributed by atoms with van der Waals surface area (Å²) in [6.45, 7) is -1.17. The molecule has 0 aliphatic carbocycles. The molecule has 0 saturated carbocycles. The van der Waals surface area contributed by atoms with Gasteiger partial charge in [-0.25, -0.2) is 9.78 Å². The molecule has 115 heavy (non-hydrogen) atoms. The minimum absolute atomic E-state index is 0.0198. The second-order valence-electron chi connectivity index (χ2n) is 27.3. The number of carbonyl (C=O) groups excluding carboxylic acids is 16. The normalized spacial score (nSPS) is 15.2. The van der Waals surface area contributed by atoms with Crippen molar-refractivity contribution in [1.82, 2.24) is 84.0 Å². The number of likely N-dealkylation sites (tertiary alicyclic amines) is 1. The smallest absolute Gasteiger partial charge is 0.326 e. The predicted octanol–water partition coefficient (Wildman–Crippen LogP) is -11.2. The quantitative estimate of drug-likeness (QED) is 0.0166. The van der Waals surface area contributed by atoms with Crippen molar-refractivity contribution in [2.75, 3.05) is 59.0 Å². The average molecular weight is 1630 g/mol. The van der Waals surface area contributed by atoms with Gasteiger partial charge in [0.15, 0.2) is 5.96 Å². The van der Waals surface area contributed by atoms with Crippen molar-refractivity contribution >= 4 is 112 Å². The average Bonchev–Trinajstić information content (AvgIpc) is 1.75. The Hall–Kier alpha value is -12.0. The van der Waals surface area contributed by atoms with Crippen LogP contribution in [0.25, 0.3) is 0 Å². The Kier molecular flexibility index (Phi) is 43.6. The Balaban J connectivity index is 1.72. The SMILES string of the molecule is CC(C)C[C@H](NC(=O)[C@H](CCC(=O)O)NC(=O)[C@H](CC(N)=O)NC(=O)[C@@H]1CCCN1C(=O)CNC(=O)[C@H](CO)NC(=O)[C@H](CO)NC(=O)[C@H](CCCCN)NC(=O)[C@H](CC(N)=O)NC(=O)CNC(=O)[C@@H](N)Cc1cnc[nH]1)C(=O)NCC(=O)N[C@@H](CCCN=C(N)N)C(=O)N[C@@H](Cc1ccccc1)C(=O)N[C@@H](CCCCN)C(=O)O. The number of H-pyrrole nitrogens is 1. The highest BCUT2D eigenvalue weighted by atomic mass is 16.4. The first-order valence-electron chi connectivity index (χ1n) is 37.1.